The van der Waals surface area contributed by atoms with Gasteiger partial charge in [0.15, 0.2) is 5.16 Å². The van der Waals surface area contributed by atoms with Crippen LogP contribution in [0, 0.1) is 0 Å². The monoisotopic (exact) mass is 448 g/mol. The fourth-order valence-corrected chi connectivity index (χ4v) is 4.11. The first-order valence-electron chi connectivity index (χ1n) is 9.87. The molecule has 0 saturated carbocycles. The van der Waals surface area contributed by atoms with Gasteiger partial charge < -0.3 is 5.32 Å². The van der Waals surface area contributed by atoms with E-state index in [0.29, 0.717) is 16.6 Å². The van der Waals surface area contributed by atoms with Crippen LogP contribution in [-0.2, 0) is 11.2 Å². The van der Waals surface area contributed by atoms with Gasteiger partial charge in [-0.15, -0.1) is 10.2 Å². The van der Waals surface area contributed by atoms with Crippen LogP contribution < -0.4 is 5.32 Å². The molecule has 7 heteroatoms. The average molecular weight is 449 g/mol. The molecule has 4 rings (SSSR count). The van der Waals surface area contributed by atoms with Gasteiger partial charge in [-0.1, -0.05) is 71.9 Å². The topological polar surface area (TPSA) is 59.8 Å². The number of carbonyl (C=O) groups is 1. The zero-order valence-corrected chi connectivity index (χ0v) is 18.5. The maximum absolute atomic E-state index is 12.7. The van der Waals surface area contributed by atoms with Gasteiger partial charge in [0.25, 0.3) is 0 Å². The fourth-order valence-electron chi connectivity index (χ4n) is 3.10. The second-order valence-corrected chi connectivity index (χ2v) is 8.73. The van der Waals surface area contributed by atoms with E-state index in [1.54, 1.807) is 0 Å². The van der Waals surface area contributed by atoms with Gasteiger partial charge in [0.1, 0.15) is 5.82 Å². The maximum Gasteiger partial charge on any atom is 0.237 e. The highest BCUT2D eigenvalue weighted by Gasteiger charge is 2.21. The molecule has 1 heterocycles. The third-order valence-corrected chi connectivity index (χ3v) is 5.98. The molecule has 0 spiro atoms. The smallest absolute Gasteiger partial charge is 0.237 e. The van der Waals surface area contributed by atoms with Gasteiger partial charge in [-0.25, -0.2) is 0 Å². The van der Waals surface area contributed by atoms with Crippen molar-refractivity contribution in [3.63, 3.8) is 0 Å². The van der Waals surface area contributed by atoms with Crippen LogP contribution in [0.5, 0.6) is 0 Å². The van der Waals surface area contributed by atoms with Gasteiger partial charge >= 0.3 is 0 Å². The van der Waals surface area contributed by atoms with E-state index < -0.39 is 0 Å². The molecule has 0 aliphatic rings. The Labute approximate surface area is 190 Å². The molecule has 0 unspecified atom stereocenters. The predicted molar refractivity (Wildman–Crippen MR) is 126 cm³/mol. The number of nitrogens with one attached hydrogen (secondary N) is 1. The van der Waals surface area contributed by atoms with Crippen LogP contribution >= 0.6 is 23.4 Å². The molecule has 0 aliphatic carbocycles. The molecular weight excluding hydrogens is 428 g/mol. The van der Waals surface area contributed by atoms with Crippen molar-refractivity contribution >= 4 is 35.0 Å². The summed E-state index contributed by atoms with van der Waals surface area (Å²) in [6.45, 7) is 1.86. The molecule has 5 nitrogen and oxygen atoms in total. The van der Waals surface area contributed by atoms with E-state index >= 15 is 0 Å². The standard InChI is InChI=1S/C24H21ClN4OS/c1-17(23(30)26-20-10-6-3-7-11-20)31-24-28-27-22(16-18-8-4-2-5-9-18)29(24)21-14-12-19(25)13-15-21/h2-15,17H,16H2,1H3,(H,26,30)/t17-/m1/s1. The molecule has 1 atom stereocenters. The zero-order valence-electron chi connectivity index (χ0n) is 16.9. The Bertz CT molecular complexity index is 1150. The molecule has 156 valence electrons. The minimum atomic E-state index is -0.361. The molecule has 1 aromatic heterocycles. The molecule has 3 aromatic carbocycles. The van der Waals surface area contributed by atoms with Crippen molar-refractivity contribution in [3.8, 4) is 5.69 Å². The molecule has 31 heavy (non-hydrogen) atoms. The van der Waals surface area contributed by atoms with Gasteiger partial charge in [-0.3, -0.25) is 9.36 Å². The Balaban J connectivity index is 1.60. The normalized spacial score (nSPS) is 11.8. The molecule has 0 fully saturated rings. The van der Waals surface area contributed by atoms with Crippen molar-refractivity contribution in [1.29, 1.82) is 0 Å². The lowest BCUT2D eigenvalue weighted by molar-refractivity contribution is -0.115. The second-order valence-electron chi connectivity index (χ2n) is 6.99. The number of benzene rings is 3. The van der Waals surface area contributed by atoms with E-state index in [4.69, 9.17) is 11.6 Å². The number of amides is 1. The fraction of sp³-hybridized carbons (Fsp3) is 0.125. The lowest BCUT2D eigenvalue weighted by Crippen LogP contribution is -2.22. The van der Waals surface area contributed by atoms with Crippen molar-refractivity contribution in [2.24, 2.45) is 0 Å². The minimum Gasteiger partial charge on any atom is -0.325 e. The van der Waals surface area contributed by atoms with Crippen LogP contribution in [-0.4, -0.2) is 25.9 Å². The Kier molecular flexibility index (Phi) is 6.70. The third-order valence-electron chi connectivity index (χ3n) is 4.68. The largest absolute Gasteiger partial charge is 0.325 e. The highest BCUT2D eigenvalue weighted by molar-refractivity contribution is 8.00. The van der Waals surface area contributed by atoms with Crippen LogP contribution in [0.2, 0.25) is 5.02 Å². The summed E-state index contributed by atoms with van der Waals surface area (Å²) in [5.41, 5.74) is 2.80. The minimum absolute atomic E-state index is 0.0912. The molecule has 4 aromatic rings. The lowest BCUT2D eigenvalue weighted by atomic mass is 10.1. The number of hydrogen-bond donors (Lipinski definition) is 1. The first kappa shape index (κ1) is 21.2. The van der Waals surface area contributed by atoms with Crippen molar-refractivity contribution in [2.75, 3.05) is 5.32 Å². The molecule has 1 N–H and O–H groups in total. The van der Waals surface area contributed by atoms with E-state index in [2.05, 4.69) is 27.6 Å². The maximum atomic E-state index is 12.7. The number of aromatic nitrogens is 3. The highest BCUT2D eigenvalue weighted by Crippen LogP contribution is 2.28. The first-order chi connectivity index (χ1) is 15.1. The summed E-state index contributed by atoms with van der Waals surface area (Å²) in [4.78, 5) is 12.7. The SMILES string of the molecule is C[C@@H](Sc1nnc(Cc2ccccc2)n1-c1ccc(Cl)cc1)C(=O)Nc1ccccc1. The molecule has 0 bridgehead atoms. The lowest BCUT2D eigenvalue weighted by Gasteiger charge is -2.14. The first-order valence-corrected chi connectivity index (χ1v) is 11.1. The second kappa shape index (κ2) is 9.81. The number of nitrogens with zero attached hydrogens (tertiary/aromatic N) is 3. The van der Waals surface area contributed by atoms with E-state index in [-0.39, 0.29) is 11.2 Å². The van der Waals surface area contributed by atoms with E-state index in [1.165, 1.54) is 11.8 Å². The quantitative estimate of drug-likeness (QED) is 0.372. The zero-order chi connectivity index (χ0) is 21.6. The van der Waals surface area contributed by atoms with Gasteiger partial charge in [-0.05, 0) is 48.9 Å². The van der Waals surface area contributed by atoms with Crippen molar-refractivity contribution < 1.29 is 4.79 Å². The number of para-hydroxylation sites is 1. The molecular formula is C24H21ClN4OS. The van der Waals surface area contributed by atoms with Crippen LogP contribution in [0.15, 0.2) is 90.1 Å². The number of carbonyl (C=O) groups excluding carboxylic acids is 1. The van der Waals surface area contributed by atoms with Crippen LogP contribution in [0.25, 0.3) is 5.69 Å². The summed E-state index contributed by atoms with van der Waals surface area (Å²) < 4.78 is 1.99. The summed E-state index contributed by atoms with van der Waals surface area (Å²) in [5.74, 6) is 0.707. The molecule has 1 amide bonds. The molecule has 0 radical (unpaired) electrons. The van der Waals surface area contributed by atoms with Crippen LogP contribution in [0.4, 0.5) is 5.69 Å². The van der Waals surface area contributed by atoms with Crippen molar-refractivity contribution in [3.05, 3.63) is 101 Å². The third kappa shape index (κ3) is 5.34. The summed E-state index contributed by atoms with van der Waals surface area (Å²) in [5, 5.41) is 12.7. The Morgan fingerprint density at radius 1 is 0.968 bits per heavy atom. The summed E-state index contributed by atoms with van der Waals surface area (Å²) in [7, 11) is 0. The van der Waals surface area contributed by atoms with Gasteiger partial charge in [-0.2, -0.15) is 0 Å². The van der Waals surface area contributed by atoms with Crippen molar-refractivity contribution in [1.82, 2.24) is 14.8 Å². The number of anilines is 1. The molecule has 0 saturated heterocycles. The van der Waals surface area contributed by atoms with E-state index in [9.17, 15) is 4.79 Å². The van der Waals surface area contributed by atoms with Gasteiger partial charge in [0.2, 0.25) is 5.91 Å². The van der Waals surface area contributed by atoms with E-state index in [1.807, 2.05) is 84.3 Å². The van der Waals surface area contributed by atoms with Crippen molar-refractivity contribution in [2.45, 2.75) is 23.8 Å². The van der Waals surface area contributed by atoms with Crippen LogP contribution in [0.1, 0.15) is 18.3 Å². The number of halogens is 1. The number of rotatable bonds is 7. The average Bonchev–Trinajstić information content (AvgIpc) is 3.17. The molecule has 0 aliphatic heterocycles. The Morgan fingerprint density at radius 3 is 2.29 bits per heavy atom. The summed E-state index contributed by atoms with van der Waals surface area (Å²) >= 11 is 7.46. The van der Waals surface area contributed by atoms with Gasteiger partial charge in [0, 0.05) is 22.8 Å². The summed E-state index contributed by atoms with van der Waals surface area (Å²) in [6, 6.07) is 27.1. The summed E-state index contributed by atoms with van der Waals surface area (Å²) in [6.07, 6.45) is 0.627. The van der Waals surface area contributed by atoms with Crippen LogP contribution in [0.3, 0.4) is 0 Å². The Morgan fingerprint density at radius 2 is 1.61 bits per heavy atom. The highest BCUT2D eigenvalue weighted by atomic mass is 35.5. The number of thioether (sulfide) groups is 1. The number of hydrogen-bond acceptors (Lipinski definition) is 4. The van der Waals surface area contributed by atoms with Gasteiger partial charge in [0.05, 0.1) is 5.25 Å². The predicted octanol–water partition coefficient (Wildman–Crippen LogP) is 5.63. The Hall–Kier alpha value is -3.09. The van der Waals surface area contributed by atoms with E-state index in [0.717, 1.165) is 22.8 Å².